The topological polar surface area (TPSA) is 71.5 Å². The smallest absolute Gasteiger partial charge is 0.264 e. The van der Waals surface area contributed by atoms with E-state index in [-0.39, 0.29) is 17.6 Å². The second kappa shape index (κ2) is 9.60. The Hall–Kier alpha value is -3.74. The van der Waals surface area contributed by atoms with E-state index in [0.717, 1.165) is 16.7 Å². The molecule has 4 rings (SSSR count). The molecule has 1 aliphatic heterocycles. The molecule has 0 aliphatic carbocycles. The number of piperazine rings is 1. The number of hydrogen-bond donors (Lipinski definition) is 1. The molecule has 32 heavy (non-hydrogen) atoms. The molecule has 6 nitrogen and oxygen atoms in total. The zero-order chi connectivity index (χ0) is 22.5. The van der Waals surface area contributed by atoms with Crippen molar-refractivity contribution in [1.82, 2.24) is 15.2 Å². The van der Waals surface area contributed by atoms with E-state index >= 15 is 0 Å². The summed E-state index contributed by atoms with van der Waals surface area (Å²) in [5.74, 6) is -0.661. The van der Waals surface area contributed by atoms with E-state index in [0.29, 0.717) is 19.5 Å². The minimum absolute atomic E-state index is 0.194. The number of benzene rings is 2. The van der Waals surface area contributed by atoms with Gasteiger partial charge in [-0.2, -0.15) is 0 Å². The first-order chi connectivity index (χ1) is 15.5. The van der Waals surface area contributed by atoms with Crippen molar-refractivity contribution < 1.29 is 18.7 Å². The zero-order valence-corrected chi connectivity index (χ0v) is 17.7. The van der Waals surface area contributed by atoms with Crippen LogP contribution in [0, 0.1) is 5.82 Å². The van der Waals surface area contributed by atoms with E-state index in [4.69, 9.17) is 4.74 Å². The minimum Gasteiger partial charge on any atom is -0.481 e. The standard InChI is InChI=1S/C25H24FN3O3/c1-17(32-22-4-2-3-21(26)16-22)25(31)29-14-13-28-24(30)23(29)15-18-5-7-19(8-6-18)20-9-11-27-12-10-20/h2-12,16-17,23H,13-15H2,1H3,(H,28,30). The molecular weight excluding hydrogens is 409 g/mol. The third-order valence-corrected chi connectivity index (χ3v) is 5.47. The monoisotopic (exact) mass is 433 g/mol. The highest BCUT2D eigenvalue weighted by atomic mass is 19.1. The third kappa shape index (κ3) is 4.94. The van der Waals surface area contributed by atoms with Crippen LogP contribution in [0.5, 0.6) is 5.75 Å². The number of amides is 2. The number of ether oxygens (including phenoxy) is 1. The van der Waals surface area contributed by atoms with Gasteiger partial charge >= 0.3 is 0 Å². The Kier molecular flexibility index (Phi) is 6.44. The fourth-order valence-corrected chi connectivity index (χ4v) is 3.81. The summed E-state index contributed by atoms with van der Waals surface area (Å²) in [7, 11) is 0. The zero-order valence-electron chi connectivity index (χ0n) is 17.7. The normalized spacial score (nSPS) is 16.9. The molecule has 1 fully saturated rings. The molecule has 0 radical (unpaired) electrons. The number of rotatable bonds is 6. The summed E-state index contributed by atoms with van der Waals surface area (Å²) in [6.07, 6.45) is 3.03. The van der Waals surface area contributed by atoms with Crippen molar-refractivity contribution in [3.63, 3.8) is 0 Å². The van der Waals surface area contributed by atoms with Crippen molar-refractivity contribution in [2.24, 2.45) is 0 Å². The van der Waals surface area contributed by atoms with Crippen molar-refractivity contribution in [2.45, 2.75) is 25.5 Å². The maximum atomic E-state index is 13.4. The molecule has 2 aromatic carbocycles. The van der Waals surface area contributed by atoms with Crippen LogP contribution >= 0.6 is 0 Å². The Bertz CT molecular complexity index is 1090. The van der Waals surface area contributed by atoms with E-state index in [1.807, 2.05) is 36.4 Å². The molecule has 3 aromatic rings. The summed E-state index contributed by atoms with van der Waals surface area (Å²) in [5.41, 5.74) is 3.05. The van der Waals surface area contributed by atoms with Crippen molar-refractivity contribution in [2.75, 3.05) is 13.1 Å². The first kappa shape index (κ1) is 21.5. The summed E-state index contributed by atoms with van der Waals surface area (Å²) in [5, 5.41) is 2.84. The van der Waals surface area contributed by atoms with E-state index in [2.05, 4.69) is 10.3 Å². The number of nitrogens with zero attached hydrogens (tertiary/aromatic N) is 2. The molecule has 7 heteroatoms. The summed E-state index contributed by atoms with van der Waals surface area (Å²) < 4.78 is 19.1. The van der Waals surface area contributed by atoms with Gasteiger partial charge in [0, 0.05) is 38.0 Å². The molecule has 1 aromatic heterocycles. The Balaban J connectivity index is 1.47. The second-order valence-corrected chi connectivity index (χ2v) is 7.69. The van der Waals surface area contributed by atoms with E-state index in [1.165, 1.54) is 18.2 Å². The number of halogens is 1. The van der Waals surface area contributed by atoms with Crippen LogP contribution in [0.3, 0.4) is 0 Å². The molecule has 164 valence electrons. The van der Waals surface area contributed by atoms with E-state index in [1.54, 1.807) is 30.3 Å². The van der Waals surface area contributed by atoms with Crippen LogP contribution in [-0.2, 0) is 16.0 Å². The number of nitrogens with one attached hydrogen (secondary N) is 1. The van der Waals surface area contributed by atoms with Gasteiger partial charge in [-0.3, -0.25) is 14.6 Å². The molecule has 2 heterocycles. The summed E-state index contributed by atoms with van der Waals surface area (Å²) in [4.78, 5) is 31.3. The van der Waals surface area contributed by atoms with Crippen molar-refractivity contribution in [1.29, 1.82) is 0 Å². The predicted octanol–water partition coefficient (Wildman–Crippen LogP) is 3.22. The fraction of sp³-hybridized carbons (Fsp3) is 0.240. The molecule has 1 saturated heterocycles. The van der Waals surface area contributed by atoms with Gasteiger partial charge in [0.05, 0.1) is 0 Å². The largest absolute Gasteiger partial charge is 0.481 e. The molecule has 0 spiro atoms. The van der Waals surface area contributed by atoms with Gasteiger partial charge < -0.3 is 15.0 Å². The third-order valence-electron chi connectivity index (χ3n) is 5.47. The highest BCUT2D eigenvalue weighted by molar-refractivity contribution is 5.90. The maximum Gasteiger partial charge on any atom is 0.264 e. The molecule has 0 saturated carbocycles. The van der Waals surface area contributed by atoms with E-state index < -0.39 is 18.0 Å². The lowest BCUT2D eigenvalue weighted by molar-refractivity contribution is -0.147. The van der Waals surface area contributed by atoms with Crippen LogP contribution in [0.2, 0.25) is 0 Å². The number of pyridine rings is 1. The lowest BCUT2D eigenvalue weighted by Gasteiger charge is -2.36. The number of aromatic nitrogens is 1. The van der Waals surface area contributed by atoms with E-state index in [9.17, 15) is 14.0 Å². The summed E-state index contributed by atoms with van der Waals surface area (Å²) in [6, 6.07) is 16.8. The first-order valence-corrected chi connectivity index (χ1v) is 10.5. The van der Waals surface area contributed by atoms with Crippen molar-refractivity contribution in [3.8, 4) is 16.9 Å². The fourth-order valence-electron chi connectivity index (χ4n) is 3.81. The van der Waals surface area contributed by atoms with Gasteiger partial charge in [0.15, 0.2) is 6.10 Å². The lowest BCUT2D eigenvalue weighted by atomic mass is 9.99. The number of hydrogen-bond acceptors (Lipinski definition) is 4. The van der Waals surface area contributed by atoms with Crippen LogP contribution in [0.1, 0.15) is 12.5 Å². The molecule has 2 atom stereocenters. The van der Waals surface area contributed by atoms with Crippen LogP contribution in [-0.4, -0.2) is 46.9 Å². The quantitative estimate of drug-likeness (QED) is 0.648. The molecule has 1 aliphatic rings. The number of carbonyl (C=O) groups excluding carboxylic acids is 2. The predicted molar refractivity (Wildman–Crippen MR) is 118 cm³/mol. The van der Waals surface area contributed by atoms with Gasteiger partial charge in [0.2, 0.25) is 5.91 Å². The van der Waals surface area contributed by atoms with Gasteiger partial charge in [-0.05, 0) is 47.9 Å². The average Bonchev–Trinajstić information content (AvgIpc) is 2.81. The molecule has 1 N–H and O–H groups in total. The SMILES string of the molecule is CC(Oc1cccc(F)c1)C(=O)N1CCNC(=O)C1Cc1ccc(-c2ccncc2)cc1. The Morgan fingerprint density at radius 1 is 1.16 bits per heavy atom. The average molecular weight is 433 g/mol. The van der Waals surface area contributed by atoms with Crippen LogP contribution < -0.4 is 10.1 Å². The van der Waals surface area contributed by atoms with Crippen molar-refractivity contribution >= 4 is 11.8 Å². The Morgan fingerprint density at radius 2 is 1.88 bits per heavy atom. The van der Waals surface area contributed by atoms with Gasteiger partial charge in [-0.15, -0.1) is 0 Å². The Morgan fingerprint density at radius 3 is 2.59 bits per heavy atom. The van der Waals surface area contributed by atoms with Gasteiger partial charge in [0.25, 0.3) is 5.91 Å². The van der Waals surface area contributed by atoms with Gasteiger partial charge in [-0.25, -0.2) is 4.39 Å². The molecule has 2 unspecified atom stereocenters. The molecule has 2 amide bonds. The highest BCUT2D eigenvalue weighted by Crippen LogP contribution is 2.21. The van der Waals surface area contributed by atoms with Gasteiger partial charge in [0.1, 0.15) is 17.6 Å². The van der Waals surface area contributed by atoms with Crippen LogP contribution in [0.15, 0.2) is 73.1 Å². The van der Waals surface area contributed by atoms with Crippen LogP contribution in [0.25, 0.3) is 11.1 Å². The minimum atomic E-state index is -0.848. The summed E-state index contributed by atoms with van der Waals surface area (Å²) in [6.45, 7) is 2.39. The van der Waals surface area contributed by atoms with Crippen LogP contribution in [0.4, 0.5) is 4.39 Å². The first-order valence-electron chi connectivity index (χ1n) is 10.5. The Labute approximate surface area is 186 Å². The molecule has 0 bridgehead atoms. The number of carbonyl (C=O) groups is 2. The summed E-state index contributed by atoms with van der Waals surface area (Å²) >= 11 is 0. The molecular formula is C25H24FN3O3. The van der Waals surface area contributed by atoms with Gasteiger partial charge in [-0.1, -0.05) is 30.3 Å². The lowest BCUT2D eigenvalue weighted by Crippen LogP contribution is -2.60. The second-order valence-electron chi connectivity index (χ2n) is 7.69. The van der Waals surface area contributed by atoms with Crippen molar-refractivity contribution in [3.05, 3.63) is 84.4 Å². The maximum absolute atomic E-state index is 13.4. The highest BCUT2D eigenvalue weighted by Gasteiger charge is 2.35.